The molecule has 2 heterocycles. The molecule has 0 aliphatic rings. The summed E-state index contributed by atoms with van der Waals surface area (Å²) >= 11 is 1.84. The van der Waals surface area contributed by atoms with Gasteiger partial charge in [-0.05, 0) is 95.0 Å². The van der Waals surface area contributed by atoms with E-state index in [0.29, 0.717) is 5.89 Å². The highest BCUT2D eigenvalue weighted by Crippen LogP contribution is 2.48. The van der Waals surface area contributed by atoms with Crippen LogP contribution in [0.5, 0.6) is 0 Å². The highest BCUT2D eigenvalue weighted by atomic mass is 32.1. The van der Waals surface area contributed by atoms with Crippen LogP contribution in [0.2, 0.25) is 0 Å². The van der Waals surface area contributed by atoms with Gasteiger partial charge in [0, 0.05) is 49.2 Å². The fourth-order valence-electron chi connectivity index (χ4n) is 8.04. The number of thiophene rings is 1. The number of para-hydroxylation sites is 2. The highest BCUT2D eigenvalue weighted by Gasteiger charge is 2.25. The van der Waals surface area contributed by atoms with Crippen LogP contribution < -0.4 is 9.80 Å². The first-order chi connectivity index (χ1) is 27.8. The van der Waals surface area contributed by atoms with Gasteiger partial charge in [0.05, 0.1) is 16.1 Å². The predicted molar refractivity (Wildman–Crippen MR) is 237 cm³/mol. The van der Waals surface area contributed by atoms with Gasteiger partial charge in [-0.3, -0.25) is 0 Å². The van der Waals surface area contributed by atoms with Crippen molar-refractivity contribution in [3.63, 3.8) is 0 Å². The lowest BCUT2D eigenvalue weighted by atomic mass is 10.0. The summed E-state index contributed by atoms with van der Waals surface area (Å²) in [6.45, 7) is 0. The molecule has 0 N–H and O–H groups in total. The third kappa shape index (κ3) is 5.40. The smallest absolute Gasteiger partial charge is 0.227 e. The number of anilines is 6. The van der Waals surface area contributed by atoms with Gasteiger partial charge in [0.2, 0.25) is 5.89 Å². The average molecular weight is 736 g/mol. The van der Waals surface area contributed by atoms with Gasteiger partial charge >= 0.3 is 0 Å². The molecule has 0 saturated carbocycles. The van der Waals surface area contributed by atoms with Gasteiger partial charge in [-0.15, -0.1) is 11.3 Å². The van der Waals surface area contributed by atoms with Gasteiger partial charge in [-0.25, -0.2) is 4.98 Å². The van der Waals surface area contributed by atoms with E-state index in [0.717, 1.165) is 61.6 Å². The second kappa shape index (κ2) is 13.3. The molecule has 2 aromatic heterocycles. The van der Waals surface area contributed by atoms with Crippen molar-refractivity contribution in [1.82, 2.24) is 4.98 Å². The summed E-state index contributed by atoms with van der Waals surface area (Å²) in [5, 5.41) is 7.02. The number of hydrogen-bond acceptors (Lipinski definition) is 5. The molecular formula is C51H33N3OS. The molecule has 0 amide bonds. The van der Waals surface area contributed by atoms with E-state index in [1.165, 1.54) is 30.9 Å². The van der Waals surface area contributed by atoms with Crippen LogP contribution in [0.1, 0.15) is 0 Å². The van der Waals surface area contributed by atoms with Crippen molar-refractivity contribution in [2.45, 2.75) is 0 Å². The summed E-state index contributed by atoms with van der Waals surface area (Å²) in [5.41, 5.74) is 8.79. The van der Waals surface area contributed by atoms with Crippen molar-refractivity contribution in [3.05, 3.63) is 200 Å². The van der Waals surface area contributed by atoms with Crippen LogP contribution in [0.3, 0.4) is 0 Å². The molecular weight excluding hydrogens is 703 g/mol. The van der Waals surface area contributed by atoms with Crippen LogP contribution in [0.15, 0.2) is 205 Å². The minimum absolute atomic E-state index is 0.589. The van der Waals surface area contributed by atoms with Gasteiger partial charge in [0.15, 0.2) is 5.58 Å². The van der Waals surface area contributed by atoms with Gasteiger partial charge in [-0.2, -0.15) is 0 Å². The Balaban J connectivity index is 1.19. The average Bonchev–Trinajstić information content (AvgIpc) is 3.87. The first-order valence-electron chi connectivity index (χ1n) is 18.8. The van der Waals surface area contributed by atoms with E-state index in [2.05, 4.69) is 180 Å². The summed E-state index contributed by atoms with van der Waals surface area (Å²) in [6.07, 6.45) is 0. The van der Waals surface area contributed by atoms with Crippen LogP contribution in [0.4, 0.5) is 34.1 Å². The molecule has 0 aliphatic carbocycles. The quantitative estimate of drug-likeness (QED) is 0.163. The normalized spacial score (nSPS) is 11.6. The first kappa shape index (κ1) is 32.2. The zero-order chi connectivity index (χ0) is 37.0. The standard InChI is InChI=1S/C51H33N3OS/c1-4-16-35(17-5-1)51-52-48-46(55-51)33-37-32-40(53(38-19-6-2-7-20-38)45-25-14-24-44-43-23-12-13-26-47(43)56-50(44)45)29-30-42(37)49(48)54(39-21-8-3-9-22-39)41-28-27-34-15-10-11-18-36(34)31-41/h1-33H. The van der Waals surface area contributed by atoms with Crippen LogP contribution in [-0.2, 0) is 0 Å². The van der Waals surface area contributed by atoms with Gasteiger partial charge in [-0.1, -0.05) is 121 Å². The topological polar surface area (TPSA) is 32.5 Å². The van der Waals surface area contributed by atoms with Crippen LogP contribution in [0.25, 0.3) is 64.3 Å². The van der Waals surface area contributed by atoms with Crippen molar-refractivity contribution in [2.75, 3.05) is 9.80 Å². The van der Waals surface area contributed by atoms with E-state index in [1.54, 1.807) is 0 Å². The third-order valence-electron chi connectivity index (χ3n) is 10.6. The second-order valence-corrected chi connectivity index (χ2v) is 15.0. The maximum absolute atomic E-state index is 6.71. The van der Waals surface area contributed by atoms with Crippen molar-refractivity contribution in [1.29, 1.82) is 0 Å². The second-order valence-electron chi connectivity index (χ2n) is 14.0. The molecule has 5 heteroatoms. The Hall–Kier alpha value is -7.21. The predicted octanol–water partition coefficient (Wildman–Crippen LogP) is 15.1. The van der Waals surface area contributed by atoms with E-state index >= 15 is 0 Å². The largest absolute Gasteiger partial charge is 0.436 e. The summed E-state index contributed by atoms with van der Waals surface area (Å²) in [4.78, 5) is 9.98. The number of benzene rings is 9. The molecule has 0 fully saturated rings. The molecule has 4 nitrogen and oxygen atoms in total. The van der Waals surface area contributed by atoms with Crippen molar-refractivity contribution < 1.29 is 4.42 Å². The first-order valence-corrected chi connectivity index (χ1v) is 19.6. The number of fused-ring (bicyclic) bond motifs is 6. The molecule has 0 saturated heterocycles. The van der Waals surface area contributed by atoms with E-state index < -0.39 is 0 Å². The van der Waals surface area contributed by atoms with Crippen molar-refractivity contribution >= 4 is 98.3 Å². The molecule has 56 heavy (non-hydrogen) atoms. The third-order valence-corrected chi connectivity index (χ3v) is 11.8. The van der Waals surface area contributed by atoms with Crippen molar-refractivity contribution in [3.8, 4) is 11.5 Å². The Morgan fingerprint density at radius 1 is 0.429 bits per heavy atom. The molecule has 11 rings (SSSR count). The Bertz CT molecular complexity index is 3210. The molecule has 0 aliphatic heterocycles. The number of oxazole rings is 1. The SMILES string of the molecule is c1ccc(-c2nc3c(N(c4ccccc4)c4ccc5ccccc5c4)c4ccc(N(c5ccccc5)c5cccc6c5sc5ccccc56)cc4cc3o2)cc1. The molecule has 0 bridgehead atoms. The highest BCUT2D eigenvalue weighted by molar-refractivity contribution is 7.26. The lowest BCUT2D eigenvalue weighted by Crippen LogP contribution is -2.12. The Labute approximate surface area is 327 Å². The molecule has 0 radical (unpaired) electrons. The molecule has 0 spiro atoms. The number of rotatable bonds is 7. The fraction of sp³-hybridized carbons (Fsp3) is 0. The Kier molecular flexibility index (Phi) is 7.64. The minimum atomic E-state index is 0.589. The molecule has 264 valence electrons. The summed E-state index contributed by atoms with van der Waals surface area (Å²) in [7, 11) is 0. The van der Waals surface area contributed by atoms with Crippen LogP contribution >= 0.6 is 11.3 Å². The van der Waals surface area contributed by atoms with E-state index in [-0.39, 0.29) is 0 Å². The van der Waals surface area contributed by atoms with Crippen LogP contribution in [-0.4, -0.2) is 4.98 Å². The Morgan fingerprint density at radius 3 is 1.86 bits per heavy atom. The maximum Gasteiger partial charge on any atom is 0.227 e. The van der Waals surface area contributed by atoms with Crippen molar-refractivity contribution in [2.24, 2.45) is 0 Å². The monoisotopic (exact) mass is 735 g/mol. The summed E-state index contributed by atoms with van der Waals surface area (Å²) in [5.74, 6) is 0.589. The zero-order valence-electron chi connectivity index (χ0n) is 30.2. The fourth-order valence-corrected chi connectivity index (χ4v) is 9.24. The van der Waals surface area contributed by atoms with Gasteiger partial charge in [0.1, 0.15) is 5.52 Å². The number of nitrogens with zero attached hydrogens (tertiary/aromatic N) is 3. The lowest BCUT2D eigenvalue weighted by Gasteiger charge is -2.29. The van der Waals surface area contributed by atoms with E-state index in [4.69, 9.17) is 9.40 Å². The zero-order valence-corrected chi connectivity index (χ0v) is 31.0. The van der Waals surface area contributed by atoms with Crippen LogP contribution in [0, 0.1) is 0 Å². The Morgan fingerprint density at radius 2 is 1.05 bits per heavy atom. The molecule has 9 aromatic carbocycles. The maximum atomic E-state index is 6.71. The molecule has 0 unspecified atom stereocenters. The number of aromatic nitrogens is 1. The van der Waals surface area contributed by atoms with E-state index in [1.807, 2.05) is 41.7 Å². The van der Waals surface area contributed by atoms with Gasteiger partial charge < -0.3 is 14.2 Å². The molecule has 0 atom stereocenters. The minimum Gasteiger partial charge on any atom is -0.436 e. The summed E-state index contributed by atoms with van der Waals surface area (Å²) < 4.78 is 9.24. The lowest BCUT2D eigenvalue weighted by molar-refractivity contribution is 0.620. The van der Waals surface area contributed by atoms with Gasteiger partial charge in [0.25, 0.3) is 0 Å². The number of hydrogen-bond donors (Lipinski definition) is 0. The van der Waals surface area contributed by atoms with E-state index in [9.17, 15) is 0 Å². The summed E-state index contributed by atoms with van der Waals surface area (Å²) in [6, 6.07) is 70.9. The molecule has 11 aromatic rings.